The fraction of sp³-hybridized carbons (Fsp3) is 0.250. The van der Waals surface area contributed by atoms with Gasteiger partial charge in [0.05, 0.1) is 38.8 Å². The number of esters is 1. The number of carbonyl (C=O) groups excluding carboxylic acids is 1. The number of anilines is 1. The van der Waals surface area contributed by atoms with Crippen LogP contribution in [0.1, 0.15) is 10.4 Å². The Hall–Kier alpha value is -2.86. The molecule has 12 heteroatoms. The number of ether oxygens (including phenoxy) is 3. The van der Waals surface area contributed by atoms with Gasteiger partial charge in [-0.2, -0.15) is 18.4 Å². The summed E-state index contributed by atoms with van der Waals surface area (Å²) in [6.07, 6.45) is 0. The molecule has 0 radical (unpaired) electrons. The molecular weight excluding hydrogens is 408 g/mol. The third-order valence-corrected chi connectivity index (χ3v) is 6.05. The first-order valence-corrected chi connectivity index (χ1v) is 10.2. The van der Waals surface area contributed by atoms with Crippen LogP contribution < -0.4 is 14.4 Å². The Kier molecular flexibility index (Phi) is 5.70. The van der Waals surface area contributed by atoms with E-state index in [1.54, 1.807) is 6.07 Å². The molecule has 1 saturated heterocycles. The molecule has 0 atom stereocenters. The van der Waals surface area contributed by atoms with E-state index in [0.717, 1.165) is 0 Å². The van der Waals surface area contributed by atoms with E-state index in [9.17, 15) is 13.2 Å². The highest BCUT2D eigenvalue weighted by atomic mass is 32.2. The lowest BCUT2D eigenvalue weighted by Gasteiger charge is -2.31. The minimum absolute atomic E-state index is 0.0930. The quantitative estimate of drug-likeness (QED) is 0.631. The van der Waals surface area contributed by atoms with Crippen molar-refractivity contribution in [2.24, 2.45) is 4.40 Å². The van der Waals surface area contributed by atoms with Gasteiger partial charge in [0, 0.05) is 0 Å². The highest BCUT2D eigenvalue weighted by molar-refractivity contribution is 8.17. The van der Waals surface area contributed by atoms with Gasteiger partial charge in [0.25, 0.3) is 10.0 Å². The molecule has 2 aromatic rings. The maximum absolute atomic E-state index is 12.8. The Bertz CT molecular complexity index is 1020. The molecule has 0 N–H and O–H groups in total. The van der Waals surface area contributed by atoms with E-state index in [-0.39, 0.29) is 33.3 Å². The van der Waals surface area contributed by atoms with Crippen LogP contribution in [0.5, 0.6) is 11.8 Å². The summed E-state index contributed by atoms with van der Waals surface area (Å²) in [5.41, 5.74) is -0.0930. The fourth-order valence-corrected chi connectivity index (χ4v) is 4.41. The summed E-state index contributed by atoms with van der Waals surface area (Å²) in [4.78, 5) is 21.5. The molecule has 3 rings (SSSR count). The predicted molar refractivity (Wildman–Crippen MR) is 102 cm³/mol. The van der Waals surface area contributed by atoms with Crippen molar-refractivity contribution in [3.05, 3.63) is 35.9 Å². The lowest BCUT2D eigenvalue weighted by molar-refractivity contribution is 0.0596. The number of carbonyl (C=O) groups is 1. The number of nitrogens with zero attached hydrogens (tertiary/aromatic N) is 4. The Balaban J connectivity index is 1.98. The van der Waals surface area contributed by atoms with Crippen LogP contribution in [0, 0.1) is 0 Å². The lowest BCUT2D eigenvalue weighted by atomic mass is 10.2. The molecule has 1 aliphatic rings. The molecule has 0 aliphatic carbocycles. The number of hydrogen-bond acceptors (Lipinski definition) is 9. The second kappa shape index (κ2) is 8.02. The average molecular weight is 424 g/mol. The summed E-state index contributed by atoms with van der Waals surface area (Å²) < 4.78 is 44.2. The van der Waals surface area contributed by atoms with Crippen molar-refractivity contribution in [1.29, 1.82) is 0 Å². The molecule has 0 bridgehead atoms. The number of hydrogen-bond donors (Lipinski definition) is 0. The van der Waals surface area contributed by atoms with Crippen LogP contribution in [0.4, 0.5) is 5.95 Å². The molecule has 1 aromatic heterocycles. The van der Waals surface area contributed by atoms with Crippen molar-refractivity contribution in [2.45, 2.75) is 4.90 Å². The molecule has 1 aliphatic heterocycles. The van der Waals surface area contributed by atoms with E-state index in [4.69, 9.17) is 9.47 Å². The molecule has 0 amide bonds. The SMILES string of the molecule is COC(=O)c1ccccc1S(=O)(=O)/N=C1\SCN1c1nc(OC)cc(OC)n1. The molecule has 0 unspecified atom stereocenters. The van der Waals surface area contributed by atoms with Crippen molar-refractivity contribution in [3.63, 3.8) is 0 Å². The number of thioether (sulfide) groups is 1. The summed E-state index contributed by atoms with van der Waals surface area (Å²) in [6, 6.07) is 7.20. The normalized spacial score (nSPS) is 15.1. The Morgan fingerprint density at radius 1 is 1.14 bits per heavy atom. The van der Waals surface area contributed by atoms with Crippen LogP contribution in [-0.2, 0) is 14.8 Å². The van der Waals surface area contributed by atoms with Crippen LogP contribution in [0.3, 0.4) is 0 Å². The maximum Gasteiger partial charge on any atom is 0.339 e. The van der Waals surface area contributed by atoms with E-state index in [0.29, 0.717) is 5.88 Å². The van der Waals surface area contributed by atoms with Gasteiger partial charge in [0.15, 0.2) is 5.17 Å². The monoisotopic (exact) mass is 424 g/mol. The summed E-state index contributed by atoms with van der Waals surface area (Å²) in [6.45, 7) is 0. The zero-order valence-electron chi connectivity index (χ0n) is 15.1. The second-order valence-electron chi connectivity index (χ2n) is 5.29. The van der Waals surface area contributed by atoms with Gasteiger partial charge in [0.2, 0.25) is 17.7 Å². The third-order valence-electron chi connectivity index (χ3n) is 3.65. The first-order valence-electron chi connectivity index (χ1n) is 7.79. The van der Waals surface area contributed by atoms with E-state index in [1.807, 2.05) is 0 Å². The summed E-state index contributed by atoms with van der Waals surface area (Å²) in [7, 11) is -0.108. The molecule has 0 spiro atoms. The number of aromatic nitrogens is 2. The minimum atomic E-state index is -4.17. The molecule has 2 heterocycles. The lowest BCUT2D eigenvalue weighted by Crippen LogP contribution is -2.40. The van der Waals surface area contributed by atoms with Crippen molar-refractivity contribution in [2.75, 3.05) is 32.1 Å². The minimum Gasteiger partial charge on any atom is -0.481 e. The first kappa shape index (κ1) is 19.9. The zero-order chi connectivity index (χ0) is 20.3. The number of rotatable bonds is 6. The molecule has 28 heavy (non-hydrogen) atoms. The van der Waals surface area contributed by atoms with E-state index >= 15 is 0 Å². The highest BCUT2D eigenvalue weighted by Gasteiger charge is 2.32. The van der Waals surface area contributed by atoms with E-state index in [2.05, 4.69) is 19.1 Å². The van der Waals surface area contributed by atoms with Crippen molar-refractivity contribution >= 4 is 38.9 Å². The smallest absolute Gasteiger partial charge is 0.339 e. The van der Waals surface area contributed by atoms with Gasteiger partial charge >= 0.3 is 5.97 Å². The largest absolute Gasteiger partial charge is 0.481 e. The number of amidine groups is 1. The van der Waals surface area contributed by atoms with Crippen molar-refractivity contribution < 1.29 is 27.4 Å². The molecule has 0 saturated carbocycles. The number of methoxy groups -OCH3 is 3. The van der Waals surface area contributed by atoms with Gasteiger partial charge in [-0.05, 0) is 12.1 Å². The van der Waals surface area contributed by atoms with Gasteiger partial charge in [-0.15, -0.1) is 4.40 Å². The average Bonchev–Trinajstić information content (AvgIpc) is 2.70. The van der Waals surface area contributed by atoms with Gasteiger partial charge < -0.3 is 14.2 Å². The first-order chi connectivity index (χ1) is 13.4. The molecule has 148 valence electrons. The van der Waals surface area contributed by atoms with Gasteiger partial charge in [-0.25, -0.2) is 4.79 Å². The summed E-state index contributed by atoms with van der Waals surface area (Å²) in [5.74, 6) is 0.334. The Morgan fingerprint density at radius 2 is 1.79 bits per heavy atom. The van der Waals surface area contributed by atoms with E-state index < -0.39 is 16.0 Å². The molecule has 1 fully saturated rings. The number of benzene rings is 1. The van der Waals surface area contributed by atoms with Crippen LogP contribution in [0.15, 0.2) is 39.6 Å². The van der Waals surface area contributed by atoms with Gasteiger partial charge in [0.1, 0.15) is 4.90 Å². The topological polar surface area (TPSA) is 120 Å². The van der Waals surface area contributed by atoms with E-state index in [1.165, 1.54) is 62.3 Å². The zero-order valence-corrected chi connectivity index (χ0v) is 16.8. The fourth-order valence-electron chi connectivity index (χ4n) is 2.25. The summed E-state index contributed by atoms with van der Waals surface area (Å²) >= 11 is 1.20. The Labute approximate surface area is 165 Å². The van der Waals surface area contributed by atoms with Crippen LogP contribution in [0.25, 0.3) is 0 Å². The maximum atomic E-state index is 12.8. The molecular formula is C16H16N4O6S2. The van der Waals surface area contributed by atoms with Crippen LogP contribution >= 0.6 is 11.8 Å². The Morgan fingerprint density at radius 3 is 2.32 bits per heavy atom. The second-order valence-corrected chi connectivity index (χ2v) is 7.78. The van der Waals surface area contributed by atoms with Crippen molar-refractivity contribution in [3.8, 4) is 11.8 Å². The third kappa shape index (κ3) is 3.87. The van der Waals surface area contributed by atoms with Gasteiger partial charge in [-0.3, -0.25) is 4.90 Å². The number of sulfonamides is 1. The highest BCUT2D eigenvalue weighted by Crippen LogP contribution is 2.32. The summed E-state index contributed by atoms with van der Waals surface area (Å²) in [5, 5.41) is 0.162. The predicted octanol–water partition coefficient (Wildman–Crippen LogP) is 1.54. The van der Waals surface area contributed by atoms with Crippen LogP contribution in [0.2, 0.25) is 0 Å². The molecule has 1 aromatic carbocycles. The standard InChI is InChI=1S/C16H16N4O6S2/c1-24-12-8-13(25-2)18-15(17-12)20-9-27-16(20)19-28(22,23)11-7-5-4-6-10(11)14(21)26-3/h4-8H,9H2,1-3H3/b19-16-. The van der Waals surface area contributed by atoms with Crippen molar-refractivity contribution in [1.82, 2.24) is 9.97 Å². The molecule has 10 nitrogen and oxygen atoms in total. The van der Waals surface area contributed by atoms with Gasteiger partial charge in [-0.1, -0.05) is 23.9 Å². The van der Waals surface area contributed by atoms with Crippen LogP contribution in [-0.4, -0.2) is 56.7 Å².